The van der Waals surface area contributed by atoms with Crippen molar-refractivity contribution in [2.24, 2.45) is 11.7 Å². The Bertz CT molecular complexity index is 419. The molecule has 0 heterocycles. The van der Waals surface area contributed by atoms with E-state index in [1.54, 1.807) is 12.1 Å². The maximum Gasteiger partial charge on any atom is 0.147 e. The van der Waals surface area contributed by atoms with Crippen molar-refractivity contribution >= 4 is 27.5 Å². The van der Waals surface area contributed by atoms with Gasteiger partial charge in [-0.15, -0.1) is 0 Å². The third-order valence-electron chi connectivity index (χ3n) is 3.83. The van der Waals surface area contributed by atoms with Crippen molar-refractivity contribution in [3.63, 3.8) is 0 Å². The molecule has 1 aromatic rings. The van der Waals surface area contributed by atoms with Crippen LogP contribution in [0.1, 0.15) is 50.1 Å². The summed E-state index contributed by atoms with van der Waals surface area (Å²) < 4.78 is 14.5. The van der Waals surface area contributed by atoms with Crippen LogP contribution in [0.3, 0.4) is 0 Å². The van der Waals surface area contributed by atoms with E-state index in [4.69, 9.17) is 17.3 Å². The van der Waals surface area contributed by atoms with E-state index in [1.165, 1.54) is 25.7 Å². The Labute approximate surface area is 121 Å². The zero-order valence-corrected chi connectivity index (χ0v) is 12.6. The minimum Gasteiger partial charge on any atom is -0.324 e. The Morgan fingerprint density at radius 3 is 2.72 bits per heavy atom. The lowest BCUT2D eigenvalue weighted by molar-refractivity contribution is 0.446. The summed E-state index contributed by atoms with van der Waals surface area (Å²) in [6, 6.07) is 3.23. The van der Waals surface area contributed by atoms with Crippen LogP contribution in [0, 0.1) is 11.7 Å². The Morgan fingerprint density at radius 1 is 1.39 bits per heavy atom. The largest absolute Gasteiger partial charge is 0.324 e. The molecule has 1 atom stereocenters. The molecule has 1 aliphatic rings. The first-order valence-corrected chi connectivity index (χ1v) is 7.65. The van der Waals surface area contributed by atoms with Crippen molar-refractivity contribution in [1.82, 2.24) is 0 Å². The molecule has 0 aromatic heterocycles. The highest BCUT2D eigenvalue weighted by Crippen LogP contribution is 2.34. The molecule has 1 saturated carbocycles. The molecule has 1 unspecified atom stereocenters. The Morgan fingerprint density at radius 2 is 2.06 bits per heavy atom. The summed E-state index contributed by atoms with van der Waals surface area (Å²) in [7, 11) is 0. The molecule has 2 rings (SSSR count). The van der Waals surface area contributed by atoms with Crippen LogP contribution >= 0.6 is 27.5 Å². The predicted molar refractivity (Wildman–Crippen MR) is 77.2 cm³/mol. The average Bonchev–Trinajstić information content (AvgIpc) is 2.86. The quantitative estimate of drug-likeness (QED) is 0.751. The predicted octanol–water partition coefficient (Wildman–Crippen LogP) is 5.21. The second-order valence-corrected chi connectivity index (χ2v) is 6.33. The zero-order chi connectivity index (χ0) is 13.1. The number of rotatable bonds is 4. The number of nitrogens with two attached hydrogens (primary N) is 1. The summed E-state index contributed by atoms with van der Waals surface area (Å²) in [6.45, 7) is 0. The van der Waals surface area contributed by atoms with Gasteiger partial charge in [-0.2, -0.15) is 0 Å². The minimum atomic E-state index is -0.384. The van der Waals surface area contributed by atoms with Gasteiger partial charge in [0, 0.05) is 16.1 Å². The van der Waals surface area contributed by atoms with E-state index in [1.807, 2.05) is 0 Å². The molecule has 0 aliphatic heterocycles. The van der Waals surface area contributed by atoms with Gasteiger partial charge in [-0.1, -0.05) is 43.4 Å². The molecule has 18 heavy (non-hydrogen) atoms. The Hall–Kier alpha value is -0.120. The van der Waals surface area contributed by atoms with Gasteiger partial charge in [0.05, 0.1) is 5.02 Å². The second-order valence-electron chi connectivity index (χ2n) is 5.10. The van der Waals surface area contributed by atoms with Crippen molar-refractivity contribution in [3.05, 3.63) is 33.0 Å². The number of benzene rings is 1. The lowest BCUT2D eigenvalue weighted by Crippen LogP contribution is -2.13. The molecule has 1 aliphatic carbocycles. The van der Waals surface area contributed by atoms with Crippen LogP contribution in [0.4, 0.5) is 4.39 Å². The van der Waals surface area contributed by atoms with Crippen molar-refractivity contribution in [3.8, 4) is 0 Å². The molecule has 1 nitrogen and oxygen atoms in total. The van der Waals surface area contributed by atoms with Crippen LogP contribution in [0.15, 0.2) is 16.6 Å². The van der Waals surface area contributed by atoms with Gasteiger partial charge in [0.25, 0.3) is 0 Å². The van der Waals surface area contributed by atoms with Crippen LogP contribution in [-0.2, 0) is 0 Å². The Kier molecular flexibility index (Phi) is 5.05. The molecule has 0 amide bonds. The van der Waals surface area contributed by atoms with Gasteiger partial charge in [0.2, 0.25) is 0 Å². The summed E-state index contributed by atoms with van der Waals surface area (Å²) in [5.41, 5.74) is 6.61. The number of hydrogen-bond donors (Lipinski definition) is 1. The second kappa shape index (κ2) is 6.36. The number of hydrogen-bond acceptors (Lipinski definition) is 1. The monoisotopic (exact) mass is 333 g/mol. The van der Waals surface area contributed by atoms with E-state index >= 15 is 0 Å². The lowest BCUT2D eigenvalue weighted by Gasteiger charge is -2.16. The molecule has 0 bridgehead atoms. The van der Waals surface area contributed by atoms with Crippen molar-refractivity contribution in [1.29, 1.82) is 0 Å². The van der Waals surface area contributed by atoms with Gasteiger partial charge in [-0.05, 0) is 40.8 Å². The summed E-state index contributed by atoms with van der Waals surface area (Å²) in [4.78, 5) is 0. The van der Waals surface area contributed by atoms with Gasteiger partial charge >= 0.3 is 0 Å². The minimum absolute atomic E-state index is 0.129. The normalized spacial score (nSPS) is 18.2. The van der Waals surface area contributed by atoms with Gasteiger partial charge in [0.15, 0.2) is 0 Å². The topological polar surface area (TPSA) is 26.0 Å². The molecule has 4 heteroatoms. The Balaban J connectivity index is 1.99. The molecule has 0 saturated heterocycles. The standard InChI is InChI=1S/C14H18BrClFN/c15-11-7-6-10(14(17)13(11)16)12(18)8-5-9-3-1-2-4-9/h6-7,9,12H,1-5,8,18H2. The van der Waals surface area contributed by atoms with Gasteiger partial charge < -0.3 is 5.73 Å². The van der Waals surface area contributed by atoms with Gasteiger partial charge in [-0.3, -0.25) is 0 Å². The maximum atomic E-state index is 14.0. The van der Waals surface area contributed by atoms with Crippen LogP contribution in [0.5, 0.6) is 0 Å². The molecule has 1 aromatic carbocycles. The highest BCUT2D eigenvalue weighted by atomic mass is 79.9. The van der Waals surface area contributed by atoms with Crippen molar-refractivity contribution < 1.29 is 4.39 Å². The SMILES string of the molecule is NC(CCC1CCCC1)c1ccc(Br)c(Cl)c1F. The highest BCUT2D eigenvalue weighted by molar-refractivity contribution is 9.10. The molecule has 2 N–H and O–H groups in total. The molecule has 0 radical (unpaired) electrons. The van der Waals surface area contributed by atoms with Crippen molar-refractivity contribution in [2.75, 3.05) is 0 Å². The van der Waals surface area contributed by atoms with Crippen molar-refractivity contribution in [2.45, 2.75) is 44.6 Å². The van der Waals surface area contributed by atoms with E-state index < -0.39 is 0 Å². The maximum absolute atomic E-state index is 14.0. The van der Waals surface area contributed by atoms with Crippen LogP contribution < -0.4 is 5.73 Å². The summed E-state index contributed by atoms with van der Waals surface area (Å²) in [5.74, 6) is 0.398. The summed E-state index contributed by atoms with van der Waals surface area (Å²) in [6.07, 6.45) is 7.19. The third kappa shape index (κ3) is 3.25. The van der Waals surface area contributed by atoms with E-state index in [0.717, 1.165) is 18.8 Å². The van der Waals surface area contributed by atoms with E-state index in [9.17, 15) is 4.39 Å². The first kappa shape index (κ1) is 14.3. The van der Waals surface area contributed by atoms with Gasteiger partial charge in [-0.25, -0.2) is 4.39 Å². The zero-order valence-electron chi connectivity index (χ0n) is 10.3. The fourth-order valence-corrected chi connectivity index (χ4v) is 3.18. The van der Waals surface area contributed by atoms with Crippen LogP contribution in [-0.4, -0.2) is 0 Å². The van der Waals surface area contributed by atoms with Crippen LogP contribution in [0.25, 0.3) is 0 Å². The van der Waals surface area contributed by atoms with E-state index in [0.29, 0.717) is 10.0 Å². The first-order valence-electron chi connectivity index (χ1n) is 6.48. The molecule has 1 fully saturated rings. The fraction of sp³-hybridized carbons (Fsp3) is 0.571. The third-order valence-corrected chi connectivity index (χ3v) is 5.08. The molecule has 0 spiro atoms. The number of halogens is 3. The lowest BCUT2D eigenvalue weighted by atomic mass is 9.95. The first-order chi connectivity index (χ1) is 8.59. The highest BCUT2D eigenvalue weighted by Gasteiger charge is 2.19. The van der Waals surface area contributed by atoms with Crippen LogP contribution in [0.2, 0.25) is 5.02 Å². The average molecular weight is 335 g/mol. The molecule has 100 valence electrons. The van der Waals surface area contributed by atoms with E-state index in [-0.39, 0.29) is 16.9 Å². The summed E-state index contributed by atoms with van der Waals surface area (Å²) in [5, 5.41) is 0.129. The van der Waals surface area contributed by atoms with Gasteiger partial charge in [0.1, 0.15) is 5.82 Å². The van der Waals surface area contributed by atoms with E-state index in [2.05, 4.69) is 15.9 Å². The fourth-order valence-electron chi connectivity index (χ4n) is 2.70. The smallest absolute Gasteiger partial charge is 0.147 e. The summed E-state index contributed by atoms with van der Waals surface area (Å²) >= 11 is 9.09. The molecular formula is C14H18BrClFN. The molecular weight excluding hydrogens is 317 g/mol.